The van der Waals surface area contributed by atoms with E-state index in [9.17, 15) is 23.5 Å². The minimum atomic E-state index is -2.46. The summed E-state index contributed by atoms with van der Waals surface area (Å²) in [6.07, 6.45) is 0. The summed E-state index contributed by atoms with van der Waals surface area (Å²) >= 11 is -2.46. The Kier molecular flexibility index (Phi) is 11.9. The number of hydrogen-bond acceptors (Lipinski definition) is 7. The van der Waals surface area contributed by atoms with E-state index in [0.29, 0.717) is 49.7 Å². The number of carboxylic acid groups (broad SMARTS) is 1. The van der Waals surface area contributed by atoms with E-state index in [2.05, 4.69) is 22.1 Å². The molecule has 0 bridgehead atoms. The van der Waals surface area contributed by atoms with Gasteiger partial charge in [-0.15, -0.1) is 4.41 Å². The summed E-state index contributed by atoms with van der Waals surface area (Å²) in [5.74, 6) is 5.02. The zero-order chi connectivity index (χ0) is 30.8. The van der Waals surface area contributed by atoms with E-state index in [1.807, 2.05) is 44.2 Å². The SMILES string of the molecule is CC(C)COc1ccc(C#Cc2ccc(N3CCN(N(C(C(=O)O)C(C)C)S(=O)O)CC3)cc2)cc1C(=O)NCC#N. The Morgan fingerprint density at radius 3 is 2.21 bits per heavy atom. The van der Waals surface area contributed by atoms with Gasteiger partial charge in [-0.3, -0.25) is 14.1 Å². The molecule has 224 valence electrons. The predicted octanol–water partition coefficient (Wildman–Crippen LogP) is 2.96. The fourth-order valence-electron chi connectivity index (χ4n) is 4.44. The molecule has 1 amide bonds. The summed E-state index contributed by atoms with van der Waals surface area (Å²) in [5, 5.41) is 22.6. The van der Waals surface area contributed by atoms with Crippen LogP contribution < -0.4 is 15.0 Å². The number of nitrogens with one attached hydrogen (secondary N) is 1. The zero-order valence-electron chi connectivity index (χ0n) is 24.2. The van der Waals surface area contributed by atoms with Crippen molar-refractivity contribution in [3.05, 3.63) is 59.2 Å². The molecule has 2 aromatic rings. The lowest BCUT2D eigenvalue weighted by Crippen LogP contribution is -2.60. The average Bonchev–Trinajstić information content (AvgIpc) is 2.96. The smallest absolute Gasteiger partial charge is 0.323 e. The van der Waals surface area contributed by atoms with Crippen molar-refractivity contribution in [1.29, 1.82) is 5.26 Å². The maximum atomic E-state index is 12.6. The third-order valence-electron chi connectivity index (χ3n) is 6.53. The van der Waals surface area contributed by atoms with Crippen molar-refractivity contribution in [3.8, 4) is 23.7 Å². The first-order valence-electron chi connectivity index (χ1n) is 13.7. The molecule has 11 nitrogen and oxygen atoms in total. The molecule has 42 heavy (non-hydrogen) atoms. The number of carboxylic acids is 1. The van der Waals surface area contributed by atoms with Crippen LogP contribution in [0.1, 0.15) is 49.2 Å². The number of rotatable bonds is 11. The number of aliphatic carboxylic acids is 1. The number of carbonyl (C=O) groups excluding carboxylic acids is 1. The van der Waals surface area contributed by atoms with Gasteiger partial charge in [0.2, 0.25) is 11.3 Å². The molecule has 1 aliphatic heterocycles. The van der Waals surface area contributed by atoms with Crippen LogP contribution in [-0.4, -0.2) is 80.5 Å². The third kappa shape index (κ3) is 8.78. The lowest BCUT2D eigenvalue weighted by Gasteiger charge is -2.42. The molecular formula is C30H37N5O6S. The fourth-order valence-corrected chi connectivity index (χ4v) is 5.33. The molecule has 0 saturated carbocycles. The van der Waals surface area contributed by atoms with Gasteiger partial charge >= 0.3 is 5.97 Å². The average molecular weight is 596 g/mol. The van der Waals surface area contributed by atoms with Gasteiger partial charge in [0.1, 0.15) is 18.3 Å². The molecule has 2 atom stereocenters. The Morgan fingerprint density at radius 2 is 1.67 bits per heavy atom. The molecule has 1 heterocycles. The Labute approximate surface area is 249 Å². The van der Waals surface area contributed by atoms with Crippen molar-refractivity contribution in [2.75, 3.05) is 44.2 Å². The number of hydrazine groups is 1. The van der Waals surface area contributed by atoms with Gasteiger partial charge in [0.15, 0.2) is 0 Å². The number of nitrogens with zero attached hydrogens (tertiary/aromatic N) is 4. The molecule has 3 N–H and O–H groups in total. The summed E-state index contributed by atoms with van der Waals surface area (Å²) in [6, 6.07) is 13.6. The standard InChI is InChI=1S/C30H37N5O6S/c1-21(2)20-41-27-12-9-24(19-26(27)29(36)32-14-13-31)6-5-23-7-10-25(11-8-23)33-15-17-34(18-16-33)35(42(39)40)28(22(3)4)30(37)38/h7-12,19,21-22,28H,14-18,20H2,1-4H3,(H,32,36)(H,37,38)(H,39,40). The third-order valence-corrected chi connectivity index (χ3v) is 7.30. The zero-order valence-corrected chi connectivity index (χ0v) is 25.1. The lowest BCUT2D eigenvalue weighted by atomic mass is 10.1. The van der Waals surface area contributed by atoms with Crippen molar-refractivity contribution >= 4 is 28.8 Å². The molecule has 3 rings (SSSR count). The topological polar surface area (TPSA) is 146 Å². The van der Waals surface area contributed by atoms with Crippen molar-refractivity contribution < 1.29 is 28.2 Å². The van der Waals surface area contributed by atoms with Crippen LogP contribution >= 0.6 is 0 Å². The number of amides is 1. The van der Waals surface area contributed by atoms with E-state index in [1.54, 1.807) is 37.1 Å². The van der Waals surface area contributed by atoms with E-state index < -0.39 is 29.2 Å². The van der Waals surface area contributed by atoms with Crippen LogP contribution in [0.25, 0.3) is 0 Å². The number of anilines is 1. The quantitative estimate of drug-likeness (QED) is 0.203. The molecular weight excluding hydrogens is 558 g/mol. The molecule has 0 spiro atoms. The number of ether oxygens (including phenoxy) is 1. The molecule has 1 fully saturated rings. The Hall–Kier alpha value is -3.94. The van der Waals surface area contributed by atoms with Crippen molar-refractivity contribution in [2.45, 2.75) is 33.7 Å². The number of carbonyl (C=O) groups is 2. The second kappa shape index (κ2) is 15.3. The van der Waals surface area contributed by atoms with Gasteiger partial charge in [-0.1, -0.05) is 39.5 Å². The summed E-state index contributed by atoms with van der Waals surface area (Å²) < 4.78 is 28.7. The Bertz CT molecular complexity index is 1370. The highest BCUT2D eigenvalue weighted by Crippen LogP contribution is 2.23. The van der Waals surface area contributed by atoms with Crippen LogP contribution in [0.3, 0.4) is 0 Å². The van der Waals surface area contributed by atoms with Gasteiger partial charge in [0, 0.05) is 43.0 Å². The predicted molar refractivity (Wildman–Crippen MR) is 160 cm³/mol. The number of nitriles is 1. The highest BCUT2D eigenvalue weighted by molar-refractivity contribution is 7.76. The first kappa shape index (κ1) is 32.6. The Balaban J connectivity index is 1.69. The molecule has 0 aromatic heterocycles. The Morgan fingerprint density at radius 1 is 1.05 bits per heavy atom. The maximum absolute atomic E-state index is 12.6. The number of benzene rings is 2. The summed E-state index contributed by atoms with van der Waals surface area (Å²) in [4.78, 5) is 26.5. The summed E-state index contributed by atoms with van der Waals surface area (Å²) in [6.45, 7) is 9.67. The van der Waals surface area contributed by atoms with E-state index in [-0.39, 0.29) is 18.4 Å². The molecule has 2 aromatic carbocycles. The lowest BCUT2D eigenvalue weighted by molar-refractivity contribution is -0.148. The van der Waals surface area contributed by atoms with Crippen molar-refractivity contribution in [1.82, 2.24) is 14.7 Å². The normalized spacial score (nSPS) is 15.1. The summed E-state index contributed by atoms with van der Waals surface area (Å²) in [7, 11) is 0. The van der Waals surface area contributed by atoms with E-state index in [4.69, 9.17) is 10.00 Å². The van der Waals surface area contributed by atoms with Crippen LogP contribution in [-0.2, 0) is 16.1 Å². The molecule has 0 aliphatic carbocycles. The van der Waals surface area contributed by atoms with Gasteiger partial charge in [-0.05, 0) is 54.3 Å². The van der Waals surface area contributed by atoms with Crippen LogP contribution in [0.15, 0.2) is 42.5 Å². The van der Waals surface area contributed by atoms with Crippen LogP contribution in [0, 0.1) is 35.0 Å². The number of piperazine rings is 1. The highest BCUT2D eigenvalue weighted by atomic mass is 32.2. The van der Waals surface area contributed by atoms with Crippen LogP contribution in [0.2, 0.25) is 0 Å². The summed E-state index contributed by atoms with van der Waals surface area (Å²) in [5.41, 5.74) is 2.68. The molecule has 1 saturated heterocycles. The second-order valence-corrected chi connectivity index (χ2v) is 11.4. The monoisotopic (exact) mass is 595 g/mol. The van der Waals surface area contributed by atoms with E-state index >= 15 is 0 Å². The van der Waals surface area contributed by atoms with Gasteiger partial charge in [0.25, 0.3) is 5.91 Å². The van der Waals surface area contributed by atoms with Crippen LogP contribution in [0.5, 0.6) is 5.75 Å². The van der Waals surface area contributed by atoms with Crippen molar-refractivity contribution in [2.24, 2.45) is 11.8 Å². The first-order valence-corrected chi connectivity index (χ1v) is 14.7. The second-order valence-electron chi connectivity index (χ2n) is 10.6. The maximum Gasteiger partial charge on any atom is 0.323 e. The van der Waals surface area contributed by atoms with Gasteiger partial charge < -0.3 is 20.1 Å². The van der Waals surface area contributed by atoms with Gasteiger partial charge in [0.05, 0.1) is 18.2 Å². The van der Waals surface area contributed by atoms with Gasteiger partial charge in [-0.25, -0.2) is 9.22 Å². The largest absolute Gasteiger partial charge is 0.492 e. The highest BCUT2D eigenvalue weighted by Gasteiger charge is 2.38. The molecule has 12 heteroatoms. The molecule has 0 radical (unpaired) electrons. The van der Waals surface area contributed by atoms with Gasteiger partial charge in [-0.2, -0.15) is 5.26 Å². The van der Waals surface area contributed by atoms with E-state index in [1.165, 1.54) is 0 Å². The van der Waals surface area contributed by atoms with Crippen LogP contribution in [0.4, 0.5) is 5.69 Å². The number of hydrogen-bond donors (Lipinski definition) is 3. The minimum Gasteiger partial charge on any atom is -0.492 e. The fraction of sp³-hybridized carbons (Fsp3) is 0.433. The minimum absolute atomic E-state index is 0.111. The molecule has 1 aliphatic rings. The van der Waals surface area contributed by atoms with Crippen molar-refractivity contribution in [3.63, 3.8) is 0 Å². The first-order chi connectivity index (χ1) is 20.0. The molecule has 2 unspecified atom stereocenters. The van der Waals surface area contributed by atoms with E-state index in [0.717, 1.165) is 15.7 Å².